The van der Waals surface area contributed by atoms with Crippen molar-refractivity contribution >= 4 is 0 Å². The third-order valence-corrected chi connectivity index (χ3v) is 11.3. The van der Waals surface area contributed by atoms with Gasteiger partial charge in [-0.3, -0.25) is 0 Å². The van der Waals surface area contributed by atoms with Crippen LogP contribution < -0.4 is 0 Å². The Hall–Kier alpha value is -0.300. The maximum atomic E-state index is 10.3. The number of allylic oxidation sites excluding steroid dienone is 2. The second-order valence-corrected chi connectivity index (χ2v) is 12.8. The highest BCUT2D eigenvalue weighted by Crippen LogP contribution is 2.68. The fraction of sp³-hybridized carbons (Fsp3) is 0.931. The molecule has 4 fully saturated rings. The van der Waals surface area contributed by atoms with Crippen LogP contribution in [0.15, 0.2) is 11.6 Å². The van der Waals surface area contributed by atoms with Crippen LogP contribution in [0.3, 0.4) is 0 Å². The topological polar surface area (TPSA) is 20.2 Å². The van der Waals surface area contributed by atoms with E-state index in [2.05, 4.69) is 47.6 Å². The zero-order chi connectivity index (χ0) is 21.7. The Morgan fingerprint density at radius 3 is 2.33 bits per heavy atom. The molecule has 4 aliphatic carbocycles. The summed E-state index contributed by atoms with van der Waals surface area (Å²) in [5, 5.41) is 10.3. The maximum Gasteiger partial charge on any atom is 0.0543 e. The fourth-order valence-corrected chi connectivity index (χ4v) is 9.50. The molecule has 172 valence electrons. The van der Waals surface area contributed by atoms with E-state index in [1.54, 1.807) is 5.57 Å². The van der Waals surface area contributed by atoms with E-state index in [1.807, 2.05) is 0 Å². The third kappa shape index (κ3) is 3.74. The molecule has 0 unspecified atom stereocenters. The molecule has 1 nitrogen and oxygen atoms in total. The van der Waals surface area contributed by atoms with E-state index in [-0.39, 0.29) is 6.10 Å². The van der Waals surface area contributed by atoms with Gasteiger partial charge in [-0.05, 0) is 123 Å². The Balaban J connectivity index is 1.49. The summed E-state index contributed by atoms with van der Waals surface area (Å²) in [6, 6.07) is 0. The first kappa shape index (κ1) is 22.9. The van der Waals surface area contributed by atoms with Crippen LogP contribution in [-0.4, -0.2) is 11.2 Å². The fourth-order valence-electron chi connectivity index (χ4n) is 9.50. The number of hydrogen-bond acceptors (Lipinski definition) is 1. The van der Waals surface area contributed by atoms with Gasteiger partial charge in [0.05, 0.1) is 6.10 Å². The Kier molecular flexibility index (Phi) is 6.53. The van der Waals surface area contributed by atoms with Gasteiger partial charge >= 0.3 is 0 Å². The summed E-state index contributed by atoms with van der Waals surface area (Å²) < 4.78 is 0. The van der Waals surface area contributed by atoms with Crippen molar-refractivity contribution in [2.24, 2.45) is 52.3 Å². The van der Waals surface area contributed by atoms with Crippen LogP contribution in [0.1, 0.15) is 112 Å². The van der Waals surface area contributed by atoms with E-state index in [0.29, 0.717) is 16.7 Å². The van der Waals surface area contributed by atoms with Gasteiger partial charge in [0, 0.05) is 0 Å². The van der Waals surface area contributed by atoms with Crippen molar-refractivity contribution < 1.29 is 5.11 Å². The summed E-state index contributed by atoms with van der Waals surface area (Å²) in [4.78, 5) is 0. The molecule has 30 heavy (non-hydrogen) atoms. The lowest BCUT2D eigenvalue weighted by Gasteiger charge is -2.61. The monoisotopic (exact) mass is 414 g/mol. The standard InChI is InChI=1S/C29H50O/c1-7-21(19(2)3)9-8-20(4)25-12-13-26-24-11-10-22-18-23(30)14-16-28(22,5)27(24)15-17-29(25,26)6/h9,19-20,22-27,30H,7-8,10-18H2,1-6H3/b21-9-/t20-,22-,23+,24+,25-,26+,27+,28+,29-/m1/s1. The molecule has 1 N–H and O–H groups in total. The lowest BCUT2D eigenvalue weighted by atomic mass is 9.44. The molecule has 0 amide bonds. The second-order valence-electron chi connectivity index (χ2n) is 12.8. The average Bonchev–Trinajstić information content (AvgIpc) is 3.06. The summed E-state index contributed by atoms with van der Waals surface area (Å²) in [5.41, 5.74) is 2.76. The zero-order valence-corrected chi connectivity index (χ0v) is 20.9. The van der Waals surface area contributed by atoms with Gasteiger partial charge in [0.25, 0.3) is 0 Å². The van der Waals surface area contributed by atoms with Crippen molar-refractivity contribution in [3.63, 3.8) is 0 Å². The number of aliphatic hydroxyl groups excluding tert-OH is 1. The Labute approximate surface area is 187 Å². The molecule has 1 heteroatoms. The van der Waals surface area contributed by atoms with Crippen molar-refractivity contribution in [3.8, 4) is 0 Å². The van der Waals surface area contributed by atoms with E-state index in [1.165, 1.54) is 57.8 Å². The van der Waals surface area contributed by atoms with E-state index in [0.717, 1.165) is 48.3 Å². The number of aliphatic hydroxyl groups is 1. The van der Waals surface area contributed by atoms with Crippen LogP contribution in [0, 0.1) is 52.3 Å². The van der Waals surface area contributed by atoms with Crippen molar-refractivity contribution in [2.45, 2.75) is 118 Å². The molecule has 9 atom stereocenters. The highest BCUT2D eigenvalue weighted by atomic mass is 16.3. The molecular formula is C29H50O. The second kappa shape index (κ2) is 8.57. The van der Waals surface area contributed by atoms with E-state index in [4.69, 9.17) is 0 Å². The summed E-state index contributed by atoms with van der Waals surface area (Å²) >= 11 is 0. The van der Waals surface area contributed by atoms with E-state index < -0.39 is 0 Å². The maximum absolute atomic E-state index is 10.3. The first-order chi connectivity index (χ1) is 14.2. The quantitative estimate of drug-likeness (QED) is 0.451. The highest BCUT2D eigenvalue weighted by molar-refractivity contribution is 5.11. The predicted molar refractivity (Wildman–Crippen MR) is 128 cm³/mol. The smallest absolute Gasteiger partial charge is 0.0543 e. The molecule has 0 heterocycles. The van der Waals surface area contributed by atoms with Crippen LogP contribution in [0.4, 0.5) is 0 Å². The minimum Gasteiger partial charge on any atom is -0.393 e. The molecule has 0 bridgehead atoms. The number of hydrogen-bond donors (Lipinski definition) is 1. The molecule has 0 saturated heterocycles. The molecule has 0 aliphatic heterocycles. The average molecular weight is 415 g/mol. The van der Waals surface area contributed by atoms with Gasteiger partial charge in [0.1, 0.15) is 0 Å². The number of fused-ring (bicyclic) bond motifs is 5. The minimum absolute atomic E-state index is 0.0166. The van der Waals surface area contributed by atoms with Gasteiger partial charge in [-0.15, -0.1) is 0 Å². The van der Waals surface area contributed by atoms with Gasteiger partial charge in [0.15, 0.2) is 0 Å². The van der Waals surface area contributed by atoms with Crippen LogP contribution in [0.25, 0.3) is 0 Å². The van der Waals surface area contributed by atoms with Crippen LogP contribution in [0.2, 0.25) is 0 Å². The van der Waals surface area contributed by atoms with Gasteiger partial charge in [0.2, 0.25) is 0 Å². The normalized spacial score (nSPS) is 47.5. The lowest BCUT2D eigenvalue weighted by molar-refractivity contribution is -0.129. The lowest BCUT2D eigenvalue weighted by Crippen LogP contribution is -2.54. The molecule has 4 rings (SSSR count). The SMILES string of the molecule is CC/C(=C/C[C@@H](C)[C@H]1CC[C@H]2[C@@H]3CC[C@@H]4C[C@@H](O)CC[C@]4(C)[C@H]3CC[C@]12C)C(C)C. The molecule has 0 spiro atoms. The molecule has 0 aromatic carbocycles. The van der Waals surface area contributed by atoms with Crippen LogP contribution in [-0.2, 0) is 0 Å². The third-order valence-electron chi connectivity index (χ3n) is 11.3. The highest BCUT2D eigenvalue weighted by Gasteiger charge is 2.60. The zero-order valence-electron chi connectivity index (χ0n) is 20.9. The van der Waals surface area contributed by atoms with Crippen molar-refractivity contribution in [2.75, 3.05) is 0 Å². The molecule has 0 radical (unpaired) electrons. The molecule has 4 aliphatic rings. The molecule has 4 saturated carbocycles. The van der Waals surface area contributed by atoms with Gasteiger partial charge in [-0.2, -0.15) is 0 Å². The first-order valence-electron chi connectivity index (χ1n) is 13.6. The van der Waals surface area contributed by atoms with E-state index in [9.17, 15) is 5.11 Å². The first-order valence-corrected chi connectivity index (χ1v) is 13.6. The van der Waals surface area contributed by atoms with Crippen LogP contribution in [0.5, 0.6) is 0 Å². The summed E-state index contributed by atoms with van der Waals surface area (Å²) in [7, 11) is 0. The van der Waals surface area contributed by atoms with E-state index >= 15 is 0 Å². The molecule has 0 aromatic heterocycles. The van der Waals surface area contributed by atoms with Crippen molar-refractivity contribution in [1.29, 1.82) is 0 Å². The predicted octanol–water partition coefficient (Wildman–Crippen LogP) is 8.02. The van der Waals surface area contributed by atoms with Crippen LogP contribution >= 0.6 is 0 Å². The summed E-state index contributed by atoms with van der Waals surface area (Å²) in [6.45, 7) is 14.9. The largest absolute Gasteiger partial charge is 0.393 e. The summed E-state index contributed by atoms with van der Waals surface area (Å²) in [6.07, 6.45) is 17.3. The Morgan fingerprint density at radius 2 is 1.63 bits per heavy atom. The number of rotatable bonds is 5. The minimum atomic E-state index is -0.0166. The summed E-state index contributed by atoms with van der Waals surface area (Å²) in [5.74, 6) is 6.11. The van der Waals surface area contributed by atoms with Gasteiger partial charge in [-0.1, -0.05) is 53.2 Å². The van der Waals surface area contributed by atoms with Gasteiger partial charge < -0.3 is 5.11 Å². The molecule has 0 aromatic rings. The molecular weight excluding hydrogens is 364 g/mol. The van der Waals surface area contributed by atoms with Crippen molar-refractivity contribution in [1.82, 2.24) is 0 Å². The Bertz CT molecular complexity index is 634. The van der Waals surface area contributed by atoms with Gasteiger partial charge in [-0.25, -0.2) is 0 Å². The van der Waals surface area contributed by atoms with Crippen molar-refractivity contribution in [3.05, 3.63) is 11.6 Å². The Morgan fingerprint density at radius 1 is 0.933 bits per heavy atom.